The van der Waals surface area contributed by atoms with E-state index in [2.05, 4.69) is 16.4 Å². The van der Waals surface area contributed by atoms with Crippen molar-refractivity contribution in [1.29, 1.82) is 0 Å². The summed E-state index contributed by atoms with van der Waals surface area (Å²) in [5.74, 6) is 1.04. The highest BCUT2D eigenvalue weighted by Gasteiger charge is 2.24. The Labute approximate surface area is 75.1 Å². The molecule has 0 saturated heterocycles. The highest BCUT2D eigenvalue weighted by atomic mass is 32.2. The van der Waals surface area contributed by atoms with Gasteiger partial charge in [-0.2, -0.15) is 0 Å². The van der Waals surface area contributed by atoms with Gasteiger partial charge in [0.05, 0.1) is 11.6 Å². The molecule has 0 bridgehead atoms. The van der Waals surface area contributed by atoms with Gasteiger partial charge in [-0.05, 0) is 5.41 Å². The first-order valence-corrected chi connectivity index (χ1v) is 4.82. The standard InChI is InChI=1S/C7H8N2S2/c8-7(10)5-1-2-9-4-11-3-6(5)9/h1,3H,2,4H2,(H2,8,10). The molecular weight excluding hydrogens is 176 g/mol. The van der Waals surface area contributed by atoms with Crippen LogP contribution in [0.2, 0.25) is 0 Å². The van der Waals surface area contributed by atoms with E-state index in [0.29, 0.717) is 4.99 Å². The van der Waals surface area contributed by atoms with Crippen LogP contribution < -0.4 is 5.73 Å². The van der Waals surface area contributed by atoms with Gasteiger partial charge in [-0.3, -0.25) is 0 Å². The molecule has 58 valence electrons. The van der Waals surface area contributed by atoms with Gasteiger partial charge >= 0.3 is 0 Å². The van der Waals surface area contributed by atoms with Crippen LogP contribution in [0.3, 0.4) is 0 Å². The monoisotopic (exact) mass is 184 g/mol. The Bertz CT molecular complexity index is 268. The minimum atomic E-state index is 0.515. The maximum absolute atomic E-state index is 5.54. The molecule has 0 aromatic rings. The molecule has 0 spiro atoms. The van der Waals surface area contributed by atoms with Crippen molar-refractivity contribution in [2.24, 2.45) is 5.73 Å². The largest absolute Gasteiger partial charge is 0.389 e. The molecule has 11 heavy (non-hydrogen) atoms. The zero-order valence-electron chi connectivity index (χ0n) is 5.91. The molecule has 0 amide bonds. The molecule has 4 heteroatoms. The van der Waals surface area contributed by atoms with Gasteiger partial charge in [0.2, 0.25) is 0 Å². The van der Waals surface area contributed by atoms with Gasteiger partial charge in [-0.1, -0.05) is 18.3 Å². The van der Waals surface area contributed by atoms with E-state index >= 15 is 0 Å². The van der Waals surface area contributed by atoms with Crippen molar-refractivity contribution in [3.8, 4) is 0 Å². The number of nitrogens with two attached hydrogens (primary N) is 1. The van der Waals surface area contributed by atoms with Crippen LogP contribution in [0.5, 0.6) is 0 Å². The Balaban J connectivity index is 2.30. The summed E-state index contributed by atoms with van der Waals surface area (Å²) in [6, 6.07) is 0. The highest BCUT2D eigenvalue weighted by Crippen LogP contribution is 2.32. The van der Waals surface area contributed by atoms with E-state index < -0.39 is 0 Å². The van der Waals surface area contributed by atoms with Gasteiger partial charge in [-0.15, -0.1) is 11.8 Å². The molecule has 0 aromatic heterocycles. The first-order valence-electron chi connectivity index (χ1n) is 3.36. The Morgan fingerprint density at radius 3 is 3.27 bits per heavy atom. The summed E-state index contributed by atoms with van der Waals surface area (Å²) in [7, 11) is 0. The second-order valence-corrected chi connectivity index (χ2v) is 3.77. The van der Waals surface area contributed by atoms with Crippen LogP contribution in [0.15, 0.2) is 22.8 Å². The van der Waals surface area contributed by atoms with E-state index in [9.17, 15) is 0 Å². The molecule has 0 radical (unpaired) electrons. The first kappa shape index (κ1) is 7.18. The molecular formula is C7H8N2S2. The van der Waals surface area contributed by atoms with Crippen molar-refractivity contribution in [2.45, 2.75) is 0 Å². The topological polar surface area (TPSA) is 29.3 Å². The highest BCUT2D eigenvalue weighted by molar-refractivity contribution is 8.02. The number of thioether (sulfide) groups is 1. The van der Waals surface area contributed by atoms with Crippen LogP contribution in [0.1, 0.15) is 0 Å². The fourth-order valence-electron chi connectivity index (χ4n) is 1.27. The Morgan fingerprint density at radius 2 is 2.55 bits per heavy atom. The van der Waals surface area contributed by atoms with Crippen LogP contribution in [0, 0.1) is 0 Å². The lowest BCUT2D eigenvalue weighted by Crippen LogP contribution is -2.17. The molecule has 2 nitrogen and oxygen atoms in total. The number of nitrogens with zero attached hydrogens (tertiary/aromatic N) is 1. The van der Waals surface area contributed by atoms with E-state index in [4.69, 9.17) is 18.0 Å². The maximum atomic E-state index is 5.54. The van der Waals surface area contributed by atoms with Crippen molar-refractivity contribution < 1.29 is 0 Å². The van der Waals surface area contributed by atoms with Gasteiger partial charge in [0, 0.05) is 12.1 Å². The minimum Gasteiger partial charge on any atom is -0.389 e. The molecule has 0 atom stereocenters. The summed E-state index contributed by atoms with van der Waals surface area (Å²) in [5.41, 5.74) is 7.80. The molecule has 2 N–H and O–H groups in total. The fourth-order valence-corrected chi connectivity index (χ4v) is 2.39. The number of hydrogen-bond donors (Lipinski definition) is 1. The zero-order chi connectivity index (χ0) is 7.84. The molecule has 2 rings (SSSR count). The third-order valence-electron chi connectivity index (χ3n) is 1.82. The van der Waals surface area contributed by atoms with Gasteiger partial charge in [0.1, 0.15) is 4.99 Å². The smallest absolute Gasteiger partial charge is 0.105 e. The minimum absolute atomic E-state index is 0.515. The SMILES string of the molecule is NC(=S)C1=CCN2CSC=C12. The lowest BCUT2D eigenvalue weighted by molar-refractivity contribution is 0.489. The molecule has 2 heterocycles. The average molecular weight is 184 g/mol. The van der Waals surface area contributed by atoms with Crippen molar-refractivity contribution >= 4 is 29.0 Å². The number of fused-ring (bicyclic) bond motifs is 1. The van der Waals surface area contributed by atoms with Crippen LogP contribution >= 0.6 is 24.0 Å². The van der Waals surface area contributed by atoms with Crippen LogP contribution in [-0.4, -0.2) is 22.3 Å². The van der Waals surface area contributed by atoms with Gasteiger partial charge < -0.3 is 10.6 Å². The zero-order valence-corrected chi connectivity index (χ0v) is 7.54. The predicted octanol–water partition coefficient (Wildman–Crippen LogP) is 1.06. The van der Waals surface area contributed by atoms with E-state index in [-0.39, 0.29) is 0 Å². The third kappa shape index (κ3) is 1.06. The average Bonchev–Trinajstić information content (AvgIpc) is 2.41. The lowest BCUT2D eigenvalue weighted by atomic mass is 10.2. The van der Waals surface area contributed by atoms with Crippen LogP contribution in [0.25, 0.3) is 0 Å². The number of hydrogen-bond acceptors (Lipinski definition) is 3. The Kier molecular flexibility index (Phi) is 1.65. The first-order chi connectivity index (χ1) is 5.29. The molecule has 0 unspecified atom stereocenters. The van der Waals surface area contributed by atoms with Crippen molar-refractivity contribution in [1.82, 2.24) is 4.90 Å². The summed E-state index contributed by atoms with van der Waals surface area (Å²) in [4.78, 5) is 2.78. The van der Waals surface area contributed by atoms with Crippen LogP contribution in [-0.2, 0) is 0 Å². The Morgan fingerprint density at radius 1 is 1.73 bits per heavy atom. The van der Waals surface area contributed by atoms with Crippen molar-refractivity contribution in [3.05, 3.63) is 22.8 Å². The second-order valence-electron chi connectivity index (χ2n) is 2.50. The number of rotatable bonds is 1. The van der Waals surface area contributed by atoms with Gasteiger partial charge in [-0.25, -0.2) is 0 Å². The van der Waals surface area contributed by atoms with E-state index in [1.165, 1.54) is 5.70 Å². The number of thiocarbonyl (C=S) groups is 1. The normalized spacial score (nSPS) is 21.3. The molecule has 0 saturated carbocycles. The molecule has 0 aliphatic carbocycles. The van der Waals surface area contributed by atoms with Crippen molar-refractivity contribution in [2.75, 3.05) is 12.4 Å². The van der Waals surface area contributed by atoms with Crippen LogP contribution in [0.4, 0.5) is 0 Å². The summed E-state index contributed by atoms with van der Waals surface area (Å²) >= 11 is 6.71. The summed E-state index contributed by atoms with van der Waals surface area (Å²) in [6.45, 7) is 0.964. The molecule has 2 aliphatic rings. The van der Waals surface area contributed by atoms with Gasteiger partial charge in [0.25, 0.3) is 0 Å². The van der Waals surface area contributed by atoms with E-state index in [1.54, 1.807) is 11.8 Å². The van der Waals surface area contributed by atoms with Gasteiger partial charge in [0.15, 0.2) is 0 Å². The Hall–Kier alpha value is -0.480. The molecule has 2 aliphatic heterocycles. The molecule has 0 fully saturated rings. The van der Waals surface area contributed by atoms with E-state index in [1.807, 2.05) is 0 Å². The second kappa shape index (κ2) is 2.53. The van der Waals surface area contributed by atoms with E-state index in [0.717, 1.165) is 18.0 Å². The maximum Gasteiger partial charge on any atom is 0.105 e. The van der Waals surface area contributed by atoms with Crippen molar-refractivity contribution in [3.63, 3.8) is 0 Å². The molecule has 0 aromatic carbocycles. The third-order valence-corrected chi connectivity index (χ3v) is 2.89. The predicted molar refractivity (Wildman–Crippen MR) is 52.1 cm³/mol. The summed E-state index contributed by atoms with van der Waals surface area (Å²) < 4.78 is 0. The summed E-state index contributed by atoms with van der Waals surface area (Å²) in [6.07, 6.45) is 2.09. The summed E-state index contributed by atoms with van der Waals surface area (Å²) in [5, 5.41) is 2.12. The fraction of sp³-hybridized carbons (Fsp3) is 0.286. The lowest BCUT2D eigenvalue weighted by Gasteiger charge is -2.12. The quantitative estimate of drug-likeness (QED) is 0.617.